The fourth-order valence-electron chi connectivity index (χ4n) is 1.25. The number of nitrogens with two attached hydrogens (primary N) is 2. The predicted molar refractivity (Wildman–Crippen MR) is 54.3 cm³/mol. The number of primary amides is 1. The van der Waals surface area contributed by atoms with E-state index >= 15 is 0 Å². The molecule has 14 heavy (non-hydrogen) atoms. The molecule has 0 saturated carbocycles. The van der Waals surface area contributed by atoms with Crippen LogP contribution in [-0.4, -0.2) is 18.5 Å². The molecular formula is C9H19N3O2. The van der Waals surface area contributed by atoms with Crippen LogP contribution in [0.2, 0.25) is 0 Å². The summed E-state index contributed by atoms with van der Waals surface area (Å²) >= 11 is 0. The number of rotatable bonds is 3. The maximum atomic E-state index is 11.4. The van der Waals surface area contributed by atoms with Gasteiger partial charge in [0.2, 0.25) is 5.91 Å². The van der Waals surface area contributed by atoms with Gasteiger partial charge >= 0.3 is 6.03 Å². The van der Waals surface area contributed by atoms with Crippen molar-refractivity contribution in [1.82, 2.24) is 5.32 Å². The van der Waals surface area contributed by atoms with Gasteiger partial charge in [-0.1, -0.05) is 20.8 Å². The van der Waals surface area contributed by atoms with Crippen LogP contribution in [0.4, 0.5) is 4.79 Å². The van der Waals surface area contributed by atoms with E-state index in [1.54, 1.807) is 0 Å². The van der Waals surface area contributed by atoms with E-state index in [1.165, 1.54) is 0 Å². The van der Waals surface area contributed by atoms with Gasteiger partial charge in [0.1, 0.15) is 0 Å². The van der Waals surface area contributed by atoms with Crippen LogP contribution in [0.1, 0.15) is 27.2 Å². The summed E-state index contributed by atoms with van der Waals surface area (Å²) in [4.78, 5) is 21.8. The average Bonchev–Trinajstić information content (AvgIpc) is 1.96. The minimum atomic E-state index is -0.831. The molecule has 1 unspecified atom stereocenters. The fourth-order valence-corrected chi connectivity index (χ4v) is 1.25. The molecule has 0 aliphatic rings. The number of amides is 3. The average molecular weight is 201 g/mol. The van der Waals surface area contributed by atoms with Crippen molar-refractivity contribution in [2.24, 2.45) is 22.8 Å². The van der Waals surface area contributed by atoms with Gasteiger partial charge in [0, 0.05) is 6.54 Å². The molecule has 0 rings (SSSR count). The molecule has 0 saturated heterocycles. The molecule has 82 valence electrons. The van der Waals surface area contributed by atoms with Crippen LogP contribution in [0.3, 0.4) is 0 Å². The van der Waals surface area contributed by atoms with E-state index in [2.05, 4.69) is 0 Å². The molecule has 0 aliphatic heterocycles. The van der Waals surface area contributed by atoms with Gasteiger partial charge in [-0.2, -0.15) is 0 Å². The quantitative estimate of drug-likeness (QED) is 0.608. The van der Waals surface area contributed by atoms with Gasteiger partial charge in [0.25, 0.3) is 0 Å². The van der Waals surface area contributed by atoms with E-state index in [1.807, 2.05) is 26.1 Å². The van der Waals surface area contributed by atoms with Crippen molar-refractivity contribution in [3.8, 4) is 0 Å². The van der Waals surface area contributed by atoms with E-state index in [9.17, 15) is 9.59 Å². The smallest absolute Gasteiger partial charge is 0.318 e. The lowest BCUT2D eigenvalue weighted by Gasteiger charge is -2.23. The maximum Gasteiger partial charge on any atom is 0.318 e. The van der Waals surface area contributed by atoms with Crippen molar-refractivity contribution in [3.63, 3.8) is 0 Å². The first-order valence-corrected chi connectivity index (χ1v) is 4.56. The third-order valence-electron chi connectivity index (χ3n) is 1.76. The van der Waals surface area contributed by atoms with E-state index < -0.39 is 11.9 Å². The van der Waals surface area contributed by atoms with Crippen LogP contribution < -0.4 is 16.8 Å². The van der Waals surface area contributed by atoms with Crippen LogP contribution in [0.25, 0.3) is 0 Å². The fraction of sp³-hybridized carbons (Fsp3) is 0.778. The molecule has 0 heterocycles. The Morgan fingerprint density at radius 1 is 1.36 bits per heavy atom. The van der Waals surface area contributed by atoms with Crippen LogP contribution in [0, 0.1) is 11.3 Å². The second kappa shape index (κ2) is 4.95. The molecule has 5 heteroatoms. The van der Waals surface area contributed by atoms with Gasteiger partial charge in [0.15, 0.2) is 0 Å². The Kier molecular flexibility index (Phi) is 4.56. The van der Waals surface area contributed by atoms with Gasteiger partial charge in [-0.05, 0) is 11.8 Å². The van der Waals surface area contributed by atoms with Crippen molar-refractivity contribution in [3.05, 3.63) is 0 Å². The molecule has 0 aromatic carbocycles. The Hall–Kier alpha value is -1.10. The molecule has 0 aromatic heterocycles. The molecule has 0 fully saturated rings. The SMILES string of the molecule is CC(C)(C)CC(CN)C(=O)NC(N)=O. The number of urea groups is 1. The third kappa shape index (κ3) is 5.53. The Bertz CT molecular complexity index is 221. The zero-order valence-electron chi connectivity index (χ0n) is 8.96. The molecule has 0 aromatic rings. The summed E-state index contributed by atoms with van der Waals surface area (Å²) in [6, 6.07) is -0.831. The zero-order valence-corrected chi connectivity index (χ0v) is 8.96. The lowest BCUT2D eigenvalue weighted by Crippen LogP contribution is -2.42. The Morgan fingerprint density at radius 2 is 1.86 bits per heavy atom. The second-order valence-electron chi connectivity index (χ2n) is 4.55. The van der Waals surface area contributed by atoms with Crippen molar-refractivity contribution in [2.45, 2.75) is 27.2 Å². The van der Waals surface area contributed by atoms with E-state index in [0.717, 1.165) is 0 Å². The monoisotopic (exact) mass is 201 g/mol. The largest absolute Gasteiger partial charge is 0.351 e. The van der Waals surface area contributed by atoms with Crippen LogP contribution >= 0.6 is 0 Å². The molecule has 0 bridgehead atoms. The third-order valence-corrected chi connectivity index (χ3v) is 1.76. The highest BCUT2D eigenvalue weighted by Gasteiger charge is 2.24. The Balaban J connectivity index is 4.27. The van der Waals surface area contributed by atoms with Gasteiger partial charge in [-0.15, -0.1) is 0 Å². The number of carbonyl (C=O) groups is 2. The molecule has 1 atom stereocenters. The second-order valence-corrected chi connectivity index (χ2v) is 4.55. The summed E-state index contributed by atoms with van der Waals surface area (Å²) in [5.74, 6) is -0.752. The molecule has 5 nitrogen and oxygen atoms in total. The standard InChI is InChI=1S/C9H19N3O2/c1-9(2,3)4-6(5-10)7(13)12-8(11)14/h6H,4-5,10H2,1-3H3,(H3,11,12,13,14). The van der Waals surface area contributed by atoms with E-state index in [-0.39, 0.29) is 17.9 Å². The molecule has 0 aliphatic carbocycles. The van der Waals surface area contributed by atoms with E-state index in [0.29, 0.717) is 6.42 Å². The van der Waals surface area contributed by atoms with Gasteiger partial charge in [0.05, 0.1) is 5.92 Å². The minimum Gasteiger partial charge on any atom is -0.351 e. The van der Waals surface area contributed by atoms with Gasteiger partial charge in [-0.3, -0.25) is 10.1 Å². The zero-order chi connectivity index (χ0) is 11.4. The summed E-state index contributed by atoms with van der Waals surface area (Å²) in [5.41, 5.74) is 10.3. The number of carbonyl (C=O) groups excluding carboxylic acids is 2. The summed E-state index contributed by atoms with van der Waals surface area (Å²) in [7, 11) is 0. The van der Waals surface area contributed by atoms with Crippen LogP contribution in [0.5, 0.6) is 0 Å². The lowest BCUT2D eigenvalue weighted by atomic mass is 9.84. The van der Waals surface area contributed by atoms with Crippen molar-refractivity contribution < 1.29 is 9.59 Å². The highest BCUT2D eigenvalue weighted by molar-refractivity contribution is 5.94. The molecule has 0 radical (unpaired) electrons. The van der Waals surface area contributed by atoms with Crippen LogP contribution in [0.15, 0.2) is 0 Å². The maximum absolute atomic E-state index is 11.4. The number of nitrogens with one attached hydrogen (secondary N) is 1. The lowest BCUT2D eigenvalue weighted by molar-refractivity contribution is -0.124. The van der Waals surface area contributed by atoms with Gasteiger partial charge < -0.3 is 11.5 Å². The molecule has 3 amide bonds. The van der Waals surface area contributed by atoms with Crippen LogP contribution in [-0.2, 0) is 4.79 Å². The summed E-state index contributed by atoms with van der Waals surface area (Å²) in [6.45, 7) is 6.24. The summed E-state index contributed by atoms with van der Waals surface area (Å²) < 4.78 is 0. The first-order chi connectivity index (χ1) is 6.26. The normalized spacial score (nSPS) is 13.4. The van der Waals surface area contributed by atoms with Crippen molar-refractivity contribution in [1.29, 1.82) is 0 Å². The van der Waals surface area contributed by atoms with E-state index in [4.69, 9.17) is 11.5 Å². The highest BCUT2D eigenvalue weighted by Crippen LogP contribution is 2.23. The minimum absolute atomic E-state index is 0.000969. The summed E-state index contributed by atoms with van der Waals surface area (Å²) in [5, 5.41) is 2.04. The molecule has 0 spiro atoms. The highest BCUT2D eigenvalue weighted by atomic mass is 16.2. The first-order valence-electron chi connectivity index (χ1n) is 4.56. The topological polar surface area (TPSA) is 98.2 Å². The van der Waals surface area contributed by atoms with Crippen molar-refractivity contribution in [2.75, 3.05) is 6.54 Å². The number of imide groups is 1. The molecule has 5 N–H and O–H groups in total. The number of hydrogen-bond donors (Lipinski definition) is 3. The first kappa shape index (κ1) is 12.9. The molecular weight excluding hydrogens is 182 g/mol. The van der Waals surface area contributed by atoms with Crippen molar-refractivity contribution >= 4 is 11.9 Å². The Labute approximate surface area is 84.2 Å². The summed E-state index contributed by atoms with van der Waals surface area (Å²) in [6.07, 6.45) is 0.628. The predicted octanol–water partition coefficient (Wildman–Crippen LogP) is 0.192. The van der Waals surface area contributed by atoms with Gasteiger partial charge in [-0.25, -0.2) is 4.79 Å². The Morgan fingerprint density at radius 3 is 2.14 bits per heavy atom. The number of hydrogen-bond acceptors (Lipinski definition) is 3.